The Hall–Kier alpha value is -1.10. The summed E-state index contributed by atoms with van der Waals surface area (Å²) in [4.78, 5) is 14.4. The van der Waals surface area contributed by atoms with Crippen LogP contribution in [0.3, 0.4) is 0 Å². The monoisotopic (exact) mass is 258 g/mol. The first-order valence-electron chi connectivity index (χ1n) is 4.18. The van der Waals surface area contributed by atoms with Crippen molar-refractivity contribution in [3.05, 3.63) is 22.3 Å². The number of anilines is 1. The van der Waals surface area contributed by atoms with Crippen molar-refractivity contribution in [1.29, 1.82) is 0 Å². The van der Waals surface area contributed by atoms with Crippen LogP contribution in [0, 0.1) is 6.92 Å². The molecule has 76 valence electrons. The molecule has 1 aromatic heterocycles. The maximum absolute atomic E-state index is 10.3. The number of carboxylic acid groups (broad SMARTS) is 1. The van der Waals surface area contributed by atoms with Crippen LogP contribution in [0.4, 0.5) is 5.82 Å². The Morgan fingerprint density at radius 1 is 1.71 bits per heavy atom. The third-order valence-corrected chi connectivity index (χ3v) is 2.71. The van der Waals surface area contributed by atoms with Crippen LogP contribution in [0.1, 0.15) is 12.0 Å². The van der Waals surface area contributed by atoms with Gasteiger partial charge in [0.15, 0.2) is 0 Å². The summed E-state index contributed by atoms with van der Waals surface area (Å²) in [5.74, 6) is -0.132. The molecule has 0 aliphatic heterocycles. The van der Waals surface area contributed by atoms with Crippen molar-refractivity contribution in [3.8, 4) is 0 Å². The van der Waals surface area contributed by atoms with Crippen LogP contribution >= 0.6 is 15.9 Å². The van der Waals surface area contributed by atoms with Crippen LogP contribution in [0.2, 0.25) is 0 Å². The van der Waals surface area contributed by atoms with Gasteiger partial charge in [0.05, 0.1) is 10.9 Å². The van der Waals surface area contributed by atoms with Crippen molar-refractivity contribution in [1.82, 2.24) is 4.98 Å². The maximum atomic E-state index is 10.3. The molecular formula is C9H11BrN2O2. The fourth-order valence-electron chi connectivity index (χ4n) is 0.951. The number of carboxylic acids is 1. The van der Waals surface area contributed by atoms with E-state index >= 15 is 0 Å². The summed E-state index contributed by atoms with van der Waals surface area (Å²) in [7, 11) is 0. The molecule has 1 rings (SSSR count). The molecule has 4 nitrogen and oxygen atoms in total. The molecule has 0 aliphatic rings. The van der Waals surface area contributed by atoms with Gasteiger partial charge in [0, 0.05) is 12.7 Å². The molecule has 5 heteroatoms. The zero-order valence-corrected chi connectivity index (χ0v) is 9.34. The van der Waals surface area contributed by atoms with Gasteiger partial charge in [-0.25, -0.2) is 4.98 Å². The molecule has 0 fully saturated rings. The molecule has 0 aliphatic carbocycles. The van der Waals surface area contributed by atoms with Crippen molar-refractivity contribution >= 4 is 27.7 Å². The summed E-state index contributed by atoms with van der Waals surface area (Å²) in [6, 6.07) is 1.88. The standard InChI is InChI=1S/C9H11BrN2O2/c1-6-2-4-11-9(8(6)10)12-5-3-7(13)14/h2,4H,3,5H2,1H3,(H,11,12)(H,13,14). The van der Waals surface area contributed by atoms with E-state index in [1.807, 2.05) is 13.0 Å². The molecule has 1 aromatic rings. The Labute approximate surface area is 90.5 Å². The quantitative estimate of drug-likeness (QED) is 0.868. The van der Waals surface area contributed by atoms with Gasteiger partial charge in [-0.2, -0.15) is 0 Å². The van der Waals surface area contributed by atoms with Crippen LogP contribution in [0.25, 0.3) is 0 Å². The average molecular weight is 259 g/mol. The van der Waals surface area contributed by atoms with E-state index < -0.39 is 5.97 Å². The topological polar surface area (TPSA) is 62.2 Å². The highest BCUT2D eigenvalue weighted by atomic mass is 79.9. The summed E-state index contributed by atoms with van der Waals surface area (Å²) in [5.41, 5.74) is 1.07. The highest BCUT2D eigenvalue weighted by Gasteiger charge is 2.03. The number of carbonyl (C=O) groups is 1. The van der Waals surface area contributed by atoms with Gasteiger partial charge in [0.25, 0.3) is 0 Å². The number of nitrogens with one attached hydrogen (secondary N) is 1. The number of aryl methyl sites for hydroxylation is 1. The van der Waals surface area contributed by atoms with E-state index in [1.54, 1.807) is 6.20 Å². The van der Waals surface area contributed by atoms with Gasteiger partial charge in [-0.05, 0) is 34.5 Å². The lowest BCUT2D eigenvalue weighted by molar-refractivity contribution is -0.136. The number of pyridine rings is 1. The number of hydrogen-bond donors (Lipinski definition) is 2. The van der Waals surface area contributed by atoms with Crippen LogP contribution in [-0.4, -0.2) is 22.6 Å². The minimum absolute atomic E-state index is 0.0854. The Bertz CT molecular complexity index is 342. The van der Waals surface area contributed by atoms with Crippen molar-refractivity contribution < 1.29 is 9.90 Å². The van der Waals surface area contributed by atoms with Crippen LogP contribution in [0.15, 0.2) is 16.7 Å². The predicted molar refractivity (Wildman–Crippen MR) is 57.4 cm³/mol. The number of rotatable bonds is 4. The third kappa shape index (κ3) is 2.99. The summed E-state index contributed by atoms with van der Waals surface area (Å²) < 4.78 is 0.880. The van der Waals surface area contributed by atoms with Crippen molar-refractivity contribution in [2.24, 2.45) is 0 Å². The first kappa shape index (κ1) is 11.0. The van der Waals surface area contributed by atoms with Gasteiger partial charge in [-0.3, -0.25) is 4.79 Å². The summed E-state index contributed by atoms with van der Waals surface area (Å²) in [6.07, 6.45) is 1.77. The van der Waals surface area contributed by atoms with Gasteiger partial charge in [0.1, 0.15) is 5.82 Å². The molecule has 0 aromatic carbocycles. The fourth-order valence-corrected chi connectivity index (χ4v) is 1.33. The largest absolute Gasteiger partial charge is 0.481 e. The summed E-state index contributed by atoms with van der Waals surface area (Å²) >= 11 is 3.37. The van der Waals surface area contributed by atoms with Crippen LogP contribution in [-0.2, 0) is 4.79 Å². The summed E-state index contributed by atoms with van der Waals surface area (Å²) in [6.45, 7) is 2.33. The lowest BCUT2D eigenvalue weighted by Gasteiger charge is -2.07. The zero-order chi connectivity index (χ0) is 10.6. The second-order valence-electron chi connectivity index (χ2n) is 2.86. The molecule has 1 heterocycles. The van der Waals surface area contributed by atoms with Crippen molar-refractivity contribution in [2.45, 2.75) is 13.3 Å². The lowest BCUT2D eigenvalue weighted by Crippen LogP contribution is -2.09. The number of aliphatic carboxylic acids is 1. The Kier molecular flexibility index (Phi) is 3.88. The Morgan fingerprint density at radius 3 is 3.07 bits per heavy atom. The highest BCUT2D eigenvalue weighted by molar-refractivity contribution is 9.10. The molecule has 0 unspecified atom stereocenters. The highest BCUT2D eigenvalue weighted by Crippen LogP contribution is 2.22. The predicted octanol–water partition coefficient (Wildman–Crippen LogP) is 2.04. The molecule has 0 radical (unpaired) electrons. The lowest BCUT2D eigenvalue weighted by atomic mass is 10.3. The molecule has 0 atom stereocenters. The van der Waals surface area contributed by atoms with E-state index in [0.717, 1.165) is 10.0 Å². The van der Waals surface area contributed by atoms with E-state index in [4.69, 9.17) is 5.11 Å². The maximum Gasteiger partial charge on any atom is 0.305 e. The number of hydrogen-bond acceptors (Lipinski definition) is 3. The Morgan fingerprint density at radius 2 is 2.43 bits per heavy atom. The van der Waals surface area contributed by atoms with Crippen LogP contribution in [0.5, 0.6) is 0 Å². The smallest absolute Gasteiger partial charge is 0.305 e. The minimum atomic E-state index is -0.818. The van der Waals surface area contributed by atoms with E-state index in [1.165, 1.54) is 0 Å². The van der Waals surface area contributed by atoms with Crippen molar-refractivity contribution in [2.75, 3.05) is 11.9 Å². The SMILES string of the molecule is Cc1ccnc(NCCC(=O)O)c1Br. The first-order chi connectivity index (χ1) is 6.61. The van der Waals surface area contributed by atoms with Crippen molar-refractivity contribution in [3.63, 3.8) is 0 Å². The molecule has 0 amide bonds. The van der Waals surface area contributed by atoms with Gasteiger partial charge in [-0.15, -0.1) is 0 Å². The molecule has 0 bridgehead atoms. The fraction of sp³-hybridized carbons (Fsp3) is 0.333. The van der Waals surface area contributed by atoms with E-state index in [9.17, 15) is 4.79 Å². The van der Waals surface area contributed by atoms with E-state index in [-0.39, 0.29) is 6.42 Å². The molecule has 0 saturated carbocycles. The average Bonchev–Trinajstić information content (AvgIpc) is 2.12. The molecule has 14 heavy (non-hydrogen) atoms. The minimum Gasteiger partial charge on any atom is -0.481 e. The van der Waals surface area contributed by atoms with Crippen LogP contribution < -0.4 is 5.32 Å². The third-order valence-electron chi connectivity index (χ3n) is 1.71. The zero-order valence-electron chi connectivity index (χ0n) is 7.75. The van der Waals surface area contributed by atoms with Gasteiger partial charge in [-0.1, -0.05) is 0 Å². The molecule has 2 N–H and O–H groups in total. The summed E-state index contributed by atoms with van der Waals surface area (Å²) in [5, 5.41) is 11.4. The van der Waals surface area contributed by atoms with Gasteiger partial charge >= 0.3 is 5.97 Å². The molecule has 0 saturated heterocycles. The number of aromatic nitrogens is 1. The number of nitrogens with zero attached hydrogens (tertiary/aromatic N) is 1. The van der Waals surface area contributed by atoms with E-state index in [2.05, 4.69) is 26.2 Å². The Balaban J connectivity index is 2.59. The second kappa shape index (κ2) is 4.95. The number of halogens is 1. The second-order valence-corrected chi connectivity index (χ2v) is 3.65. The normalized spacial score (nSPS) is 9.86. The molecular weight excluding hydrogens is 248 g/mol. The first-order valence-corrected chi connectivity index (χ1v) is 4.97. The van der Waals surface area contributed by atoms with Gasteiger partial charge < -0.3 is 10.4 Å². The molecule has 0 spiro atoms. The van der Waals surface area contributed by atoms with E-state index in [0.29, 0.717) is 12.4 Å². The van der Waals surface area contributed by atoms with Gasteiger partial charge in [0.2, 0.25) is 0 Å².